The molecule has 9 nitrogen and oxygen atoms in total. The van der Waals surface area contributed by atoms with E-state index in [1.165, 1.54) is 12.1 Å². The quantitative estimate of drug-likeness (QED) is 0.241. The predicted molar refractivity (Wildman–Crippen MR) is 114 cm³/mol. The number of unbranched alkanes of at least 4 members (excludes halogenated alkanes) is 1. The van der Waals surface area contributed by atoms with E-state index in [0.717, 1.165) is 24.2 Å². The first kappa shape index (κ1) is 22.7. The van der Waals surface area contributed by atoms with Gasteiger partial charge in [-0.2, -0.15) is 17.0 Å². The van der Waals surface area contributed by atoms with Gasteiger partial charge in [0.15, 0.2) is 6.61 Å². The summed E-state index contributed by atoms with van der Waals surface area (Å²) < 4.78 is 4.88. The maximum atomic E-state index is 12.4. The minimum Gasteiger partial charge on any atom is -0.508 e. The molecule has 0 aromatic heterocycles. The van der Waals surface area contributed by atoms with Crippen LogP contribution in [0.15, 0.2) is 24.3 Å². The number of thioether (sulfide) groups is 1. The monoisotopic (exact) mass is 446 g/mol. The molecule has 0 spiro atoms. The van der Waals surface area contributed by atoms with Gasteiger partial charge in [-0.25, -0.2) is 9.59 Å². The largest absolute Gasteiger partial charge is 0.508 e. The average molecular weight is 447 g/mol. The van der Waals surface area contributed by atoms with Crippen LogP contribution in [0.5, 0.6) is 5.75 Å². The molecule has 2 aliphatic heterocycles. The molecule has 1 aromatic rings. The van der Waals surface area contributed by atoms with Crippen LogP contribution in [0.3, 0.4) is 0 Å². The molecule has 2 heterocycles. The zero-order chi connectivity index (χ0) is 22.2. The Morgan fingerprint density at radius 3 is 2.81 bits per heavy atom. The van der Waals surface area contributed by atoms with Crippen molar-refractivity contribution in [1.29, 1.82) is 5.26 Å². The number of benzene rings is 1. The third kappa shape index (κ3) is 6.52. The van der Waals surface area contributed by atoms with Crippen LogP contribution in [-0.2, 0) is 20.7 Å². The number of nitriles is 1. The summed E-state index contributed by atoms with van der Waals surface area (Å²) in [6, 6.07) is 7.39. The molecule has 1 aromatic carbocycles. The molecule has 0 unspecified atom stereocenters. The van der Waals surface area contributed by atoms with Crippen molar-refractivity contribution in [3.63, 3.8) is 0 Å². The molecule has 4 atom stereocenters. The number of phenols is 1. The van der Waals surface area contributed by atoms with E-state index in [9.17, 15) is 19.5 Å². The van der Waals surface area contributed by atoms with Gasteiger partial charge in [-0.15, -0.1) is 0 Å². The number of phenolic OH excluding ortho intramolecular Hbond substituents is 1. The van der Waals surface area contributed by atoms with Crippen molar-refractivity contribution in [2.24, 2.45) is 0 Å². The predicted octanol–water partition coefficient (Wildman–Crippen LogP) is 1.21. The van der Waals surface area contributed by atoms with Gasteiger partial charge >= 0.3 is 12.0 Å². The van der Waals surface area contributed by atoms with Crippen molar-refractivity contribution in [3.05, 3.63) is 29.8 Å². The number of esters is 1. The summed E-state index contributed by atoms with van der Waals surface area (Å²) in [6.07, 6.45) is 2.88. The van der Waals surface area contributed by atoms with E-state index in [0.29, 0.717) is 11.7 Å². The van der Waals surface area contributed by atoms with E-state index in [4.69, 9.17) is 10.00 Å². The van der Waals surface area contributed by atoms with Gasteiger partial charge in [0.05, 0.1) is 12.1 Å². The molecule has 2 aliphatic rings. The summed E-state index contributed by atoms with van der Waals surface area (Å²) in [6.45, 7) is -0.382. The number of rotatable bonds is 10. The maximum Gasteiger partial charge on any atom is 0.330 e. The van der Waals surface area contributed by atoms with Crippen LogP contribution in [0.4, 0.5) is 4.79 Å². The zero-order valence-corrected chi connectivity index (χ0v) is 17.8. The molecule has 10 heteroatoms. The van der Waals surface area contributed by atoms with Gasteiger partial charge in [-0.1, -0.05) is 18.6 Å². The van der Waals surface area contributed by atoms with Gasteiger partial charge in [0.25, 0.3) is 0 Å². The summed E-state index contributed by atoms with van der Waals surface area (Å²) in [7, 11) is 0. The molecular formula is C21H26N4O5S. The van der Waals surface area contributed by atoms with Crippen LogP contribution in [-0.4, -0.2) is 58.7 Å². The van der Waals surface area contributed by atoms with Gasteiger partial charge in [0.1, 0.15) is 17.9 Å². The standard InChI is InChI=1S/C21H26N4O5S/c22-9-10-30-20(28)15(11-13-5-7-14(26)8-6-13)23-18(27)4-2-1-3-17-19-16(12-31-17)24-21(29)25-19/h5-8,15-17,19,26H,1-4,10-12H2,(H,23,27)(H2,24,25,29)/t15-,16-,17-,19-/m0/s1. The van der Waals surface area contributed by atoms with Gasteiger partial charge in [0.2, 0.25) is 5.91 Å². The Bertz CT molecular complexity index is 841. The number of urea groups is 1. The van der Waals surface area contributed by atoms with E-state index in [-0.39, 0.29) is 49.2 Å². The number of aromatic hydroxyl groups is 1. The molecule has 0 radical (unpaired) electrons. The normalized spacial score (nSPS) is 22.5. The molecule has 4 N–H and O–H groups in total. The third-order valence-corrected chi connectivity index (χ3v) is 6.86. The number of nitrogens with one attached hydrogen (secondary N) is 3. The molecular weight excluding hydrogens is 420 g/mol. The first-order chi connectivity index (χ1) is 15.0. The Morgan fingerprint density at radius 1 is 1.29 bits per heavy atom. The van der Waals surface area contributed by atoms with Gasteiger partial charge < -0.3 is 25.8 Å². The Kier molecular flexibility index (Phi) is 8.00. The molecule has 3 rings (SSSR count). The second kappa shape index (κ2) is 10.9. The average Bonchev–Trinajstić information content (AvgIpc) is 3.29. The molecule has 0 saturated carbocycles. The van der Waals surface area contributed by atoms with Gasteiger partial charge in [-0.3, -0.25) is 4.79 Å². The number of nitrogens with zero attached hydrogens (tertiary/aromatic N) is 1. The lowest BCUT2D eigenvalue weighted by Gasteiger charge is -2.18. The fourth-order valence-corrected chi connectivity index (χ4v) is 5.35. The molecule has 3 amide bonds. The number of carbonyl (C=O) groups is 3. The van der Waals surface area contributed by atoms with E-state index in [1.807, 2.05) is 11.8 Å². The van der Waals surface area contributed by atoms with Crippen LogP contribution in [0, 0.1) is 11.3 Å². The smallest absolute Gasteiger partial charge is 0.330 e. The lowest BCUT2D eigenvalue weighted by atomic mass is 10.0. The molecule has 2 saturated heterocycles. The number of ether oxygens (including phenoxy) is 1. The minimum atomic E-state index is -0.906. The first-order valence-corrected chi connectivity index (χ1v) is 11.3. The second-order valence-electron chi connectivity index (χ2n) is 7.62. The summed E-state index contributed by atoms with van der Waals surface area (Å²) in [5.74, 6) is 0.0839. The van der Waals surface area contributed by atoms with E-state index in [1.54, 1.807) is 18.2 Å². The number of carbonyl (C=O) groups excluding carboxylic acids is 3. The molecule has 2 fully saturated rings. The van der Waals surface area contributed by atoms with Crippen molar-refractivity contribution in [3.8, 4) is 11.8 Å². The number of hydrogen-bond acceptors (Lipinski definition) is 7. The lowest BCUT2D eigenvalue weighted by Crippen LogP contribution is -2.43. The third-order valence-electron chi connectivity index (χ3n) is 5.36. The highest BCUT2D eigenvalue weighted by molar-refractivity contribution is 8.00. The summed E-state index contributed by atoms with van der Waals surface area (Å²) >= 11 is 1.84. The fourth-order valence-electron chi connectivity index (χ4n) is 3.81. The highest BCUT2D eigenvalue weighted by atomic mass is 32.2. The van der Waals surface area contributed by atoms with Crippen LogP contribution < -0.4 is 16.0 Å². The summed E-state index contributed by atoms with van der Waals surface area (Å²) in [5, 5.41) is 26.9. The maximum absolute atomic E-state index is 12.4. The summed E-state index contributed by atoms with van der Waals surface area (Å²) in [5.41, 5.74) is 0.747. The number of fused-ring (bicyclic) bond motifs is 1. The van der Waals surface area contributed by atoms with E-state index in [2.05, 4.69) is 16.0 Å². The highest BCUT2D eigenvalue weighted by Gasteiger charge is 2.42. The van der Waals surface area contributed by atoms with Crippen molar-refractivity contribution >= 4 is 29.7 Å². The Hall–Kier alpha value is -2.93. The van der Waals surface area contributed by atoms with Crippen molar-refractivity contribution in [2.45, 2.75) is 55.5 Å². The van der Waals surface area contributed by atoms with Crippen LogP contribution in [0.1, 0.15) is 31.2 Å². The number of amides is 3. The lowest BCUT2D eigenvalue weighted by molar-refractivity contribution is -0.146. The molecule has 0 bridgehead atoms. The van der Waals surface area contributed by atoms with Gasteiger partial charge in [-0.05, 0) is 30.5 Å². The molecule has 0 aliphatic carbocycles. The fraction of sp³-hybridized carbons (Fsp3) is 0.524. The van der Waals surface area contributed by atoms with Crippen LogP contribution in [0.25, 0.3) is 0 Å². The van der Waals surface area contributed by atoms with Crippen LogP contribution >= 0.6 is 11.8 Å². The van der Waals surface area contributed by atoms with Gasteiger partial charge in [0, 0.05) is 23.8 Å². The highest BCUT2D eigenvalue weighted by Crippen LogP contribution is 2.33. The van der Waals surface area contributed by atoms with Crippen molar-refractivity contribution in [2.75, 3.05) is 12.4 Å². The topological polar surface area (TPSA) is 141 Å². The van der Waals surface area contributed by atoms with E-state index >= 15 is 0 Å². The second-order valence-corrected chi connectivity index (χ2v) is 8.90. The summed E-state index contributed by atoms with van der Waals surface area (Å²) in [4.78, 5) is 36.1. The van der Waals surface area contributed by atoms with Crippen molar-refractivity contribution in [1.82, 2.24) is 16.0 Å². The van der Waals surface area contributed by atoms with Crippen LogP contribution in [0.2, 0.25) is 0 Å². The van der Waals surface area contributed by atoms with E-state index < -0.39 is 12.0 Å². The Morgan fingerprint density at radius 2 is 2.06 bits per heavy atom. The molecule has 166 valence electrons. The Balaban J connectivity index is 1.44. The minimum absolute atomic E-state index is 0.107. The first-order valence-electron chi connectivity index (χ1n) is 10.3. The zero-order valence-electron chi connectivity index (χ0n) is 17.0. The Labute approximate surface area is 184 Å². The molecule has 31 heavy (non-hydrogen) atoms. The number of hydrogen-bond donors (Lipinski definition) is 4. The SMILES string of the molecule is N#CCOC(=O)[C@H](Cc1ccc(O)cc1)NC(=O)CCCC[C@@H]1SC[C@@H]2NC(=O)N[C@@H]21. The van der Waals surface area contributed by atoms with Crippen molar-refractivity contribution < 1.29 is 24.2 Å².